The Labute approximate surface area is 192 Å². The fourth-order valence-electron chi connectivity index (χ4n) is 3.79. The number of fused-ring (bicyclic) bond motifs is 1. The van der Waals surface area contributed by atoms with E-state index < -0.39 is 19.7 Å². The zero-order valence-electron chi connectivity index (χ0n) is 17.5. The molecule has 0 saturated carbocycles. The van der Waals surface area contributed by atoms with Gasteiger partial charge in [-0.3, -0.25) is 0 Å². The Balaban J connectivity index is 1.50. The molecule has 0 radical (unpaired) electrons. The van der Waals surface area contributed by atoms with Gasteiger partial charge in [0.2, 0.25) is 0 Å². The van der Waals surface area contributed by atoms with Gasteiger partial charge < -0.3 is 23.3 Å². The summed E-state index contributed by atoms with van der Waals surface area (Å²) in [7, 11) is -3.68. The molecule has 0 aromatic heterocycles. The maximum Gasteiger partial charge on any atom is 0.430 e. The zero-order valence-corrected chi connectivity index (χ0v) is 19.9. The Morgan fingerprint density at radius 3 is 2.03 bits per heavy atom. The van der Waals surface area contributed by atoms with E-state index in [1.54, 1.807) is 48.5 Å². The molecule has 4 rings (SSSR count). The molecule has 0 spiro atoms. The summed E-state index contributed by atoms with van der Waals surface area (Å²) in [5.41, 5.74) is 0. The minimum Gasteiger partial charge on any atom is -0.414 e. The molecule has 0 N–H and O–H groups in total. The molecule has 0 bridgehead atoms. The first kappa shape index (κ1) is 22.9. The molecule has 2 heterocycles. The van der Waals surface area contributed by atoms with Gasteiger partial charge in [-0.15, -0.1) is 0 Å². The Kier molecular flexibility index (Phi) is 6.60. The van der Waals surface area contributed by atoms with Gasteiger partial charge in [0.1, 0.15) is 17.6 Å². The quantitative estimate of drug-likeness (QED) is 0.413. The highest BCUT2D eigenvalue weighted by Crippen LogP contribution is 2.53. The summed E-state index contributed by atoms with van der Waals surface area (Å²) in [6, 6.07) is 13.7. The summed E-state index contributed by atoms with van der Waals surface area (Å²) >= 11 is 12.4. The highest BCUT2D eigenvalue weighted by molar-refractivity contribution is 7.54. The first-order valence-electron chi connectivity index (χ1n) is 10.1. The van der Waals surface area contributed by atoms with Crippen LogP contribution in [0.3, 0.4) is 0 Å². The van der Waals surface area contributed by atoms with Gasteiger partial charge in [0, 0.05) is 5.92 Å². The van der Waals surface area contributed by atoms with E-state index in [0.717, 1.165) is 0 Å². The summed E-state index contributed by atoms with van der Waals surface area (Å²) in [6.45, 7) is 5.76. The van der Waals surface area contributed by atoms with Gasteiger partial charge >= 0.3 is 7.60 Å². The fraction of sp³-hybridized carbons (Fsp3) is 0.455. The fourth-order valence-corrected chi connectivity index (χ4v) is 5.95. The first-order valence-corrected chi connectivity index (χ1v) is 12.6. The number of halogens is 2. The number of hydrogen-bond donors (Lipinski definition) is 0. The van der Waals surface area contributed by atoms with E-state index in [1.165, 1.54) is 0 Å². The van der Waals surface area contributed by atoms with E-state index in [1.807, 2.05) is 20.8 Å². The van der Waals surface area contributed by atoms with E-state index in [4.69, 9.17) is 46.5 Å². The second-order valence-electron chi connectivity index (χ2n) is 8.17. The molecule has 0 aliphatic carbocycles. The summed E-state index contributed by atoms with van der Waals surface area (Å²) in [6.07, 6.45) is -0.310. The van der Waals surface area contributed by atoms with Crippen molar-refractivity contribution in [1.82, 2.24) is 0 Å². The molecule has 168 valence electrons. The van der Waals surface area contributed by atoms with Crippen LogP contribution in [0.5, 0.6) is 11.5 Å². The SMILES string of the molecule is CC1C(CCP(=O)(Oc2ccccc2Cl)Oc2ccccc2Cl)OC2OC(C)(C)OC21. The molecular formula is C22H25Cl2O6P. The Morgan fingerprint density at radius 1 is 0.968 bits per heavy atom. The van der Waals surface area contributed by atoms with E-state index in [0.29, 0.717) is 16.5 Å². The number of hydrogen-bond acceptors (Lipinski definition) is 6. The number of benzene rings is 2. The molecule has 4 unspecified atom stereocenters. The second kappa shape index (κ2) is 8.93. The molecule has 31 heavy (non-hydrogen) atoms. The van der Waals surface area contributed by atoms with Gasteiger partial charge in [0.25, 0.3) is 0 Å². The van der Waals surface area contributed by atoms with Crippen molar-refractivity contribution < 1.29 is 27.8 Å². The molecule has 2 fully saturated rings. The summed E-state index contributed by atoms with van der Waals surface area (Å²) in [5.74, 6) is -0.0548. The highest BCUT2D eigenvalue weighted by Gasteiger charge is 2.53. The van der Waals surface area contributed by atoms with Crippen molar-refractivity contribution in [3.63, 3.8) is 0 Å². The van der Waals surface area contributed by atoms with Crippen LogP contribution in [0.15, 0.2) is 48.5 Å². The van der Waals surface area contributed by atoms with Crippen LogP contribution in [0.1, 0.15) is 27.2 Å². The minimum atomic E-state index is -3.68. The van der Waals surface area contributed by atoms with Crippen molar-refractivity contribution in [2.75, 3.05) is 6.16 Å². The Bertz CT molecular complexity index is 932. The standard InChI is InChI=1S/C22H25Cl2O6P/c1-14-17(26-21-20(14)27-22(2,3)28-21)12-13-31(25,29-18-10-6-4-8-15(18)23)30-19-11-7-5-9-16(19)24/h4-11,14,17,20-21H,12-13H2,1-3H3. The van der Waals surface area contributed by atoms with E-state index in [9.17, 15) is 4.57 Å². The smallest absolute Gasteiger partial charge is 0.414 e. The molecule has 2 aliphatic rings. The molecule has 2 aromatic carbocycles. The van der Waals surface area contributed by atoms with Crippen molar-refractivity contribution in [2.24, 2.45) is 5.92 Å². The van der Waals surface area contributed by atoms with Crippen LogP contribution in [0.4, 0.5) is 0 Å². The van der Waals surface area contributed by atoms with Crippen molar-refractivity contribution >= 4 is 30.8 Å². The van der Waals surface area contributed by atoms with Crippen LogP contribution >= 0.6 is 30.8 Å². The highest BCUT2D eigenvalue weighted by atomic mass is 35.5. The lowest BCUT2D eigenvalue weighted by Gasteiger charge is -2.25. The molecule has 0 amide bonds. The van der Waals surface area contributed by atoms with Gasteiger partial charge in [-0.2, -0.15) is 0 Å². The molecule has 2 saturated heterocycles. The normalized spacial score (nSPS) is 27.1. The zero-order chi connectivity index (χ0) is 22.2. The van der Waals surface area contributed by atoms with Crippen LogP contribution in [-0.2, 0) is 18.8 Å². The van der Waals surface area contributed by atoms with Crippen LogP contribution in [0.25, 0.3) is 0 Å². The molecule has 6 nitrogen and oxygen atoms in total. The van der Waals surface area contributed by atoms with Gasteiger partial charge in [0.15, 0.2) is 12.1 Å². The minimum absolute atomic E-state index is 0.0563. The summed E-state index contributed by atoms with van der Waals surface area (Å²) < 4.78 is 43.3. The lowest BCUT2D eigenvalue weighted by atomic mass is 9.99. The third kappa shape index (κ3) is 5.22. The Hall–Kier alpha value is -1.27. The second-order valence-corrected chi connectivity index (χ2v) is 11.0. The van der Waals surface area contributed by atoms with Crippen molar-refractivity contribution in [3.8, 4) is 11.5 Å². The van der Waals surface area contributed by atoms with Gasteiger partial charge in [0.05, 0.1) is 22.3 Å². The van der Waals surface area contributed by atoms with E-state index in [2.05, 4.69) is 0 Å². The molecule has 4 atom stereocenters. The lowest BCUT2D eigenvalue weighted by molar-refractivity contribution is -0.209. The molecular weight excluding hydrogens is 462 g/mol. The average Bonchev–Trinajstić information content (AvgIpc) is 3.16. The van der Waals surface area contributed by atoms with Crippen LogP contribution in [0.2, 0.25) is 10.0 Å². The van der Waals surface area contributed by atoms with Gasteiger partial charge in [-0.1, -0.05) is 54.4 Å². The molecule has 9 heteroatoms. The largest absolute Gasteiger partial charge is 0.430 e. The molecule has 2 aromatic rings. The number of ether oxygens (including phenoxy) is 3. The van der Waals surface area contributed by atoms with E-state index >= 15 is 0 Å². The lowest BCUT2D eigenvalue weighted by Crippen LogP contribution is -2.29. The van der Waals surface area contributed by atoms with Crippen molar-refractivity contribution in [2.45, 2.75) is 51.5 Å². The summed E-state index contributed by atoms with van der Waals surface area (Å²) in [4.78, 5) is 0. The average molecular weight is 487 g/mol. The van der Waals surface area contributed by atoms with Crippen LogP contribution in [-0.4, -0.2) is 30.4 Å². The van der Waals surface area contributed by atoms with Gasteiger partial charge in [-0.05, 0) is 44.5 Å². The molecule has 2 aliphatic heterocycles. The predicted molar refractivity (Wildman–Crippen MR) is 119 cm³/mol. The van der Waals surface area contributed by atoms with Gasteiger partial charge in [-0.25, -0.2) is 4.57 Å². The van der Waals surface area contributed by atoms with Crippen molar-refractivity contribution in [1.29, 1.82) is 0 Å². The third-order valence-electron chi connectivity index (χ3n) is 5.34. The maximum atomic E-state index is 13.8. The van der Waals surface area contributed by atoms with Crippen LogP contribution in [0, 0.1) is 5.92 Å². The number of para-hydroxylation sites is 2. The van der Waals surface area contributed by atoms with E-state index in [-0.39, 0.29) is 35.8 Å². The summed E-state index contributed by atoms with van der Waals surface area (Å²) in [5, 5.41) is 0.684. The Morgan fingerprint density at radius 2 is 1.52 bits per heavy atom. The van der Waals surface area contributed by atoms with Crippen molar-refractivity contribution in [3.05, 3.63) is 58.6 Å². The predicted octanol–water partition coefficient (Wildman–Crippen LogP) is 6.55. The third-order valence-corrected chi connectivity index (χ3v) is 7.72. The monoisotopic (exact) mass is 486 g/mol. The van der Waals surface area contributed by atoms with Crippen LogP contribution < -0.4 is 9.05 Å². The first-order chi connectivity index (χ1) is 14.7. The maximum absolute atomic E-state index is 13.8. The topological polar surface area (TPSA) is 63.2 Å². The number of rotatable bonds is 7.